The standard InChI is InChI=1S/C9H8ClFO3/c1-13-7-3-5(9(10)12)6(11)4-8(7)14-2/h3-4H,1-2H3. The maximum atomic E-state index is 13.2. The van der Waals surface area contributed by atoms with Crippen molar-refractivity contribution in [1.82, 2.24) is 0 Å². The van der Waals surface area contributed by atoms with Crippen LogP contribution in [0.15, 0.2) is 12.1 Å². The summed E-state index contributed by atoms with van der Waals surface area (Å²) >= 11 is 5.16. The zero-order valence-corrected chi connectivity index (χ0v) is 8.39. The molecule has 0 unspecified atom stereocenters. The second kappa shape index (κ2) is 4.28. The van der Waals surface area contributed by atoms with Gasteiger partial charge in [-0.3, -0.25) is 4.79 Å². The fraction of sp³-hybridized carbons (Fsp3) is 0.222. The van der Waals surface area contributed by atoms with E-state index in [1.165, 1.54) is 20.3 Å². The highest BCUT2D eigenvalue weighted by atomic mass is 35.5. The summed E-state index contributed by atoms with van der Waals surface area (Å²) in [6.45, 7) is 0. The van der Waals surface area contributed by atoms with E-state index in [9.17, 15) is 9.18 Å². The van der Waals surface area contributed by atoms with Crippen LogP contribution in [-0.4, -0.2) is 19.5 Å². The number of hydrogen-bond donors (Lipinski definition) is 0. The van der Waals surface area contributed by atoms with Crippen molar-refractivity contribution in [3.8, 4) is 11.5 Å². The molecular formula is C9H8ClFO3. The third kappa shape index (κ3) is 1.96. The van der Waals surface area contributed by atoms with E-state index in [0.717, 1.165) is 6.07 Å². The van der Waals surface area contributed by atoms with Gasteiger partial charge in [-0.05, 0) is 17.7 Å². The van der Waals surface area contributed by atoms with Gasteiger partial charge in [0.1, 0.15) is 5.82 Å². The largest absolute Gasteiger partial charge is 0.493 e. The topological polar surface area (TPSA) is 35.5 Å². The van der Waals surface area contributed by atoms with Gasteiger partial charge in [0.2, 0.25) is 0 Å². The molecule has 0 saturated carbocycles. The molecule has 0 aliphatic rings. The summed E-state index contributed by atoms with van der Waals surface area (Å²) < 4.78 is 22.9. The van der Waals surface area contributed by atoms with E-state index >= 15 is 0 Å². The van der Waals surface area contributed by atoms with Crippen molar-refractivity contribution in [2.75, 3.05) is 14.2 Å². The van der Waals surface area contributed by atoms with Gasteiger partial charge in [-0.2, -0.15) is 0 Å². The number of benzene rings is 1. The molecule has 0 bridgehead atoms. The SMILES string of the molecule is COc1cc(F)c(C(=O)Cl)cc1OC. The molecule has 0 N–H and O–H groups in total. The van der Waals surface area contributed by atoms with Crippen LogP contribution >= 0.6 is 11.6 Å². The average Bonchev–Trinajstić information content (AvgIpc) is 2.16. The molecule has 0 spiro atoms. The van der Waals surface area contributed by atoms with E-state index in [4.69, 9.17) is 21.1 Å². The third-order valence-corrected chi connectivity index (χ3v) is 1.89. The van der Waals surface area contributed by atoms with Crippen LogP contribution in [0.3, 0.4) is 0 Å². The second-order valence-corrected chi connectivity index (χ2v) is 2.80. The Labute approximate surface area is 85.4 Å². The molecule has 0 fully saturated rings. The van der Waals surface area contributed by atoms with Crippen molar-refractivity contribution in [3.63, 3.8) is 0 Å². The van der Waals surface area contributed by atoms with Gasteiger partial charge in [0, 0.05) is 6.07 Å². The van der Waals surface area contributed by atoms with Gasteiger partial charge in [-0.15, -0.1) is 0 Å². The summed E-state index contributed by atoms with van der Waals surface area (Å²) in [7, 11) is 2.76. The van der Waals surface area contributed by atoms with Crippen molar-refractivity contribution in [3.05, 3.63) is 23.5 Å². The Bertz CT molecular complexity index is 365. The summed E-state index contributed by atoms with van der Waals surface area (Å²) in [5.41, 5.74) is -0.232. The van der Waals surface area contributed by atoms with E-state index in [0.29, 0.717) is 0 Å². The predicted octanol–water partition coefficient (Wildman–Crippen LogP) is 2.22. The smallest absolute Gasteiger partial charge is 0.255 e. The monoisotopic (exact) mass is 218 g/mol. The molecule has 14 heavy (non-hydrogen) atoms. The van der Waals surface area contributed by atoms with Gasteiger partial charge < -0.3 is 9.47 Å². The number of rotatable bonds is 3. The fourth-order valence-corrected chi connectivity index (χ4v) is 1.15. The highest BCUT2D eigenvalue weighted by molar-refractivity contribution is 6.67. The van der Waals surface area contributed by atoms with E-state index in [-0.39, 0.29) is 17.1 Å². The molecule has 0 amide bonds. The first-order chi connectivity index (χ1) is 6.60. The number of carbonyl (C=O) groups is 1. The Morgan fingerprint density at radius 1 is 1.29 bits per heavy atom. The quantitative estimate of drug-likeness (QED) is 0.730. The van der Waals surface area contributed by atoms with Crippen LogP contribution in [0.4, 0.5) is 4.39 Å². The highest BCUT2D eigenvalue weighted by Gasteiger charge is 2.14. The molecule has 1 aromatic rings. The van der Waals surface area contributed by atoms with Gasteiger partial charge >= 0.3 is 0 Å². The molecule has 3 nitrogen and oxygen atoms in total. The van der Waals surface area contributed by atoms with Crippen molar-refractivity contribution >= 4 is 16.8 Å². The predicted molar refractivity (Wildman–Crippen MR) is 49.7 cm³/mol. The molecule has 0 saturated heterocycles. The summed E-state index contributed by atoms with van der Waals surface area (Å²) in [6, 6.07) is 2.25. The zero-order chi connectivity index (χ0) is 10.7. The number of ether oxygens (including phenoxy) is 2. The minimum absolute atomic E-state index is 0.215. The van der Waals surface area contributed by atoms with Crippen LogP contribution in [0.1, 0.15) is 10.4 Å². The minimum atomic E-state index is -0.872. The molecule has 0 atom stereocenters. The number of methoxy groups -OCH3 is 2. The van der Waals surface area contributed by atoms with Crippen molar-refractivity contribution < 1.29 is 18.7 Å². The minimum Gasteiger partial charge on any atom is -0.493 e. The first kappa shape index (κ1) is 10.8. The molecule has 0 aliphatic carbocycles. The summed E-state index contributed by atoms with van der Waals surface area (Å²) in [5.74, 6) is -0.257. The summed E-state index contributed by atoms with van der Waals surface area (Å²) in [5, 5.41) is -0.872. The Kier molecular flexibility index (Phi) is 3.30. The molecule has 0 aromatic heterocycles. The molecule has 0 aliphatic heterocycles. The maximum Gasteiger partial charge on any atom is 0.255 e. The van der Waals surface area contributed by atoms with Crippen LogP contribution in [-0.2, 0) is 0 Å². The lowest BCUT2D eigenvalue weighted by molar-refractivity contribution is 0.107. The van der Waals surface area contributed by atoms with Gasteiger partial charge in [0.05, 0.1) is 19.8 Å². The summed E-state index contributed by atoms with van der Waals surface area (Å²) in [4.78, 5) is 10.8. The number of halogens is 2. The third-order valence-electron chi connectivity index (χ3n) is 1.68. The van der Waals surface area contributed by atoms with Crippen LogP contribution in [0, 0.1) is 5.82 Å². The maximum absolute atomic E-state index is 13.2. The van der Waals surface area contributed by atoms with Gasteiger partial charge in [-0.1, -0.05) is 0 Å². The summed E-state index contributed by atoms with van der Waals surface area (Å²) in [6.07, 6.45) is 0. The van der Waals surface area contributed by atoms with Crippen LogP contribution < -0.4 is 9.47 Å². The molecule has 0 heterocycles. The van der Waals surface area contributed by atoms with E-state index < -0.39 is 11.1 Å². The van der Waals surface area contributed by atoms with Crippen molar-refractivity contribution in [1.29, 1.82) is 0 Å². The number of carbonyl (C=O) groups excluding carboxylic acids is 1. The van der Waals surface area contributed by atoms with E-state index in [1.54, 1.807) is 0 Å². The number of hydrogen-bond acceptors (Lipinski definition) is 3. The lowest BCUT2D eigenvalue weighted by atomic mass is 10.2. The van der Waals surface area contributed by atoms with Gasteiger partial charge in [0.25, 0.3) is 5.24 Å². The van der Waals surface area contributed by atoms with Gasteiger partial charge in [-0.25, -0.2) is 4.39 Å². The molecule has 76 valence electrons. The molecule has 1 aromatic carbocycles. The highest BCUT2D eigenvalue weighted by Crippen LogP contribution is 2.30. The first-order valence-corrected chi connectivity index (χ1v) is 4.09. The molecule has 5 heteroatoms. The molecular weight excluding hydrogens is 211 g/mol. The zero-order valence-electron chi connectivity index (χ0n) is 7.64. The Balaban J connectivity index is 3.30. The Hall–Kier alpha value is -1.29. The lowest BCUT2D eigenvalue weighted by Gasteiger charge is -2.08. The van der Waals surface area contributed by atoms with Crippen LogP contribution in [0.5, 0.6) is 11.5 Å². The lowest BCUT2D eigenvalue weighted by Crippen LogP contribution is -1.98. The van der Waals surface area contributed by atoms with E-state index in [2.05, 4.69) is 0 Å². The molecule has 0 radical (unpaired) electrons. The average molecular weight is 219 g/mol. The van der Waals surface area contributed by atoms with Crippen LogP contribution in [0.25, 0.3) is 0 Å². The Morgan fingerprint density at radius 3 is 2.21 bits per heavy atom. The van der Waals surface area contributed by atoms with Crippen molar-refractivity contribution in [2.24, 2.45) is 0 Å². The van der Waals surface area contributed by atoms with Gasteiger partial charge in [0.15, 0.2) is 11.5 Å². The van der Waals surface area contributed by atoms with Crippen molar-refractivity contribution in [2.45, 2.75) is 0 Å². The first-order valence-electron chi connectivity index (χ1n) is 3.71. The second-order valence-electron chi connectivity index (χ2n) is 2.46. The van der Waals surface area contributed by atoms with E-state index in [1.807, 2.05) is 0 Å². The van der Waals surface area contributed by atoms with Crippen LogP contribution in [0.2, 0.25) is 0 Å². The molecule has 1 rings (SSSR count). The Morgan fingerprint density at radius 2 is 1.79 bits per heavy atom. The normalized spacial score (nSPS) is 9.71. The fourth-order valence-electron chi connectivity index (χ4n) is 1.00.